The van der Waals surface area contributed by atoms with E-state index >= 15 is 0 Å². The zero-order valence-corrected chi connectivity index (χ0v) is 14.4. The number of carbonyl (C=O) groups excluding carboxylic acids is 1. The number of rotatable bonds is 4. The van der Waals surface area contributed by atoms with E-state index in [0.29, 0.717) is 13.2 Å². The maximum Gasteiger partial charge on any atom is 0.323 e. The van der Waals surface area contributed by atoms with E-state index in [1.807, 2.05) is 41.8 Å². The van der Waals surface area contributed by atoms with Crippen LogP contribution in [0.2, 0.25) is 0 Å². The van der Waals surface area contributed by atoms with E-state index in [1.54, 1.807) is 0 Å². The summed E-state index contributed by atoms with van der Waals surface area (Å²) in [6.45, 7) is 3.30. The van der Waals surface area contributed by atoms with Crippen LogP contribution >= 0.6 is 11.8 Å². The summed E-state index contributed by atoms with van der Waals surface area (Å²) in [5.41, 5.74) is 1.17. The van der Waals surface area contributed by atoms with Gasteiger partial charge < -0.3 is 9.64 Å². The predicted octanol–water partition coefficient (Wildman–Crippen LogP) is 3.67. The van der Waals surface area contributed by atoms with Crippen molar-refractivity contribution in [2.75, 3.05) is 12.4 Å². The van der Waals surface area contributed by atoms with Crippen molar-refractivity contribution in [3.63, 3.8) is 0 Å². The Morgan fingerprint density at radius 3 is 2.70 bits per heavy atom. The monoisotopic (exact) mass is 332 g/mol. The van der Waals surface area contributed by atoms with Gasteiger partial charge in [-0.2, -0.15) is 0 Å². The molecule has 1 unspecified atom stereocenters. The molecular weight excluding hydrogens is 308 g/mol. The van der Waals surface area contributed by atoms with Gasteiger partial charge in [0.1, 0.15) is 0 Å². The molecule has 1 aromatic rings. The van der Waals surface area contributed by atoms with Crippen molar-refractivity contribution in [2.45, 2.75) is 56.3 Å². The van der Waals surface area contributed by atoms with Crippen LogP contribution in [0.25, 0.3) is 0 Å². The maximum atomic E-state index is 13.2. The van der Waals surface area contributed by atoms with Crippen molar-refractivity contribution in [3.8, 4) is 0 Å². The van der Waals surface area contributed by atoms with Crippen molar-refractivity contribution < 1.29 is 9.53 Å². The SMILES string of the molecule is CCOC1[C@@H]2CSC3(CCCC3)N2C(=O)N1Cc1ccccc1. The number of hydrogen-bond donors (Lipinski definition) is 0. The topological polar surface area (TPSA) is 32.8 Å². The lowest BCUT2D eigenvalue weighted by molar-refractivity contribution is -0.0330. The second-order valence-electron chi connectivity index (χ2n) is 6.64. The molecule has 23 heavy (non-hydrogen) atoms. The minimum atomic E-state index is -0.111. The summed E-state index contributed by atoms with van der Waals surface area (Å²) in [5, 5.41) is 0. The molecule has 0 N–H and O–H groups in total. The average Bonchev–Trinajstić information content (AvgIpc) is 3.25. The van der Waals surface area contributed by atoms with Crippen molar-refractivity contribution in [2.24, 2.45) is 0 Å². The van der Waals surface area contributed by atoms with Gasteiger partial charge in [0.15, 0.2) is 6.23 Å². The van der Waals surface area contributed by atoms with E-state index in [9.17, 15) is 4.79 Å². The molecule has 2 aliphatic heterocycles. The Morgan fingerprint density at radius 1 is 1.26 bits per heavy atom. The van der Waals surface area contributed by atoms with Crippen LogP contribution in [0.3, 0.4) is 0 Å². The summed E-state index contributed by atoms with van der Waals surface area (Å²) in [5.74, 6) is 1.00. The summed E-state index contributed by atoms with van der Waals surface area (Å²) in [7, 11) is 0. The van der Waals surface area contributed by atoms with Crippen molar-refractivity contribution in [3.05, 3.63) is 35.9 Å². The molecular formula is C18H24N2O2S. The van der Waals surface area contributed by atoms with Gasteiger partial charge in [0.2, 0.25) is 0 Å². The normalized spacial score (nSPS) is 28.8. The van der Waals surface area contributed by atoms with Crippen LogP contribution in [0.1, 0.15) is 38.2 Å². The van der Waals surface area contributed by atoms with Gasteiger partial charge in [-0.05, 0) is 25.3 Å². The fraction of sp³-hybridized carbons (Fsp3) is 0.611. The van der Waals surface area contributed by atoms with Gasteiger partial charge >= 0.3 is 6.03 Å². The van der Waals surface area contributed by atoms with E-state index in [-0.39, 0.29) is 23.2 Å². The van der Waals surface area contributed by atoms with Crippen molar-refractivity contribution in [1.29, 1.82) is 0 Å². The molecule has 2 heterocycles. The third-order valence-electron chi connectivity index (χ3n) is 5.30. The number of amides is 2. The number of urea groups is 1. The van der Waals surface area contributed by atoms with E-state index < -0.39 is 0 Å². The standard InChI is InChI=1S/C18H24N2O2S/c1-2-22-16-15-13-23-18(10-6-7-11-18)20(15)17(21)19(16)12-14-8-4-3-5-9-14/h3-5,8-9,15-16H,2,6-7,10-13H2,1H3/t15-,16?/m0/s1. The summed E-state index contributed by atoms with van der Waals surface area (Å²) in [4.78, 5) is 17.4. The van der Waals surface area contributed by atoms with Gasteiger partial charge in [0.25, 0.3) is 0 Å². The molecule has 1 spiro atoms. The number of benzene rings is 1. The number of hydrogen-bond acceptors (Lipinski definition) is 3. The first-order chi connectivity index (χ1) is 11.2. The lowest BCUT2D eigenvalue weighted by Crippen LogP contribution is -2.45. The Labute approximate surface area is 142 Å². The Balaban J connectivity index is 1.62. The Kier molecular flexibility index (Phi) is 4.01. The molecule has 3 aliphatic rings. The molecule has 5 heteroatoms. The second-order valence-corrected chi connectivity index (χ2v) is 8.03. The molecule has 4 rings (SSSR count). The number of thioether (sulfide) groups is 1. The summed E-state index contributed by atoms with van der Waals surface area (Å²) < 4.78 is 6.02. The quantitative estimate of drug-likeness (QED) is 0.843. The molecule has 0 aromatic heterocycles. The first-order valence-corrected chi connectivity index (χ1v) is 9.63. The minimum Gasteiger partial charge on any atom is -0.356 e. The van der Waals surface area contributed by atoms with Crippen molar-refractivity contribution >= 4 is 17.8 Å². The Morgan fingerprint density at radius 2 is 2.00 bits per heavy atom. The van der Waals surface area contributed by atoms with Crippen LogP contribution in [0.15, 0.2) is 30.3 Å². The Bertz CT molecular complexity index is 574. The smallest absolute Gasteiger partial charge is 0.323 e. The molecule has 1 aromatic carbocycles. The third-order valence-corrected chi connectivity index (χ3v) is 6.95. The molecule has 4 nitrogen and oxygen atoms in total. The first kappa shape index (κ1) is 15.3. The second kappa shape index (κ2) is 6.02. The summed E-state index contributed by atoms with van der Waals surface area (Å²) in [6.07, 6.45) is 4.64. The zero-order chi connectivity index (χ0) is 15.9. The van der Waals surface area contributed by atoms with Gasteiger partial charge in [-0.25, -0.2) is 4.79 Å². The van der Waals surface area contributed by atoms with E-state index in [2.05, 4.69) is 17.0 Å². The lowest BCUT2D eigenvalue weighted by Gasteiger charge is -2.33. The number of fused-ring (bicyclic) bond motifs is 2. The number of ether oxygens (including phenoxy) is 1. The van der Waals surface area contributed by atoms with E-state index in [4.69, 9.17) is 4.74 Å². The minimum absolute atomic E-state index is 0.0442. The molecule has 3 fully saturated rings. The molecule has 1 aliphatic carbocycles. The predicted molar refractivity (Wildman–Crippen MR) is 92.1 cm³/mol. The van der Waals surface area contributed by atoms with Crippen LogP contribution in [0.5, 0.6) is 0 Å². The van der Waals surface area contributed by atoms with Crippen LogP contribution in [-0.4, -0.2) is 45.3 Å². The number of carbonyl (C=O) groups is 1. The van der Waals surface area contributed by atoms with E-state index in [0.717, 1.165) is 18.6 Å². The molecule has 2 saturated heterocycles. The summed E-state index contributed by atoms with van der Waals surface area (Å²) in [6, 6.07) is 10.6. The van der Waals surface area contributed by atoms with Crippen molar-refractivity contribution in [1.82, 2.24) is 9.80 Å². The van der Waals surface area contributed by atoms with Crippen LogP contribution < -0.4 is 0 Å². The fourth-order valence-electron chi connectivity index (χ4n) is 4.29. The van der Waals surface area contributed by atoms with Crippen LogP contribution in [0, 0.1) is 0 Å². The molecule has 124 valence electrons. The highest BCUT2D eigenvalue weighted by atomic mass is 32.2. The van der Waals surface area contributed by atoms with Gasteiger partial charge in [-0.1, -0.05) is 43.2 Å². The largest absolute Gasteiger partial charge is 0.356 e. The Hall–Kier alpha value is -1.20. The van der Waals surface area contributed by atoms with Gasteiger partial charge in [0, 0.05) is 12.4 Å². The lowest BCUT2D eigenvalue weighted by atomic mass is 10.1. The zero-order valence-electron chi connectivity index (χ0n) is 13.6. The third kappa shape index (κ3) is 2.45. The molecule has 1 saturated carbocycles. The van der Waals surface area contributed by atoms with Crippen LogP contribution in [-0.2, 0) is 11.3 Å². The highest BCUT2D eigenvalue weighted by Gasteiger charge is 2.60. The fourth-order valence-corrected chi connectivity index (χ4v) is 6.01. The van der Waals surface area contributed by atoms with Gasteiger partial charge in [-0.3, -0.25) is 4.90 Å². The highest BCUT2D eigenvalue weighted by Crippen LogP contribution is 2.54. The highest BCUT2D eigenvalue weighted by molar-refractivity contribution is 8.00. The maximum absolute atomic E-state index is 13.2. The molecule has 0 bridgehead atoms. The van der Waals surface area contributed by atoms with Gasteiger partial charge in [-0.15, -0.1) is 11.8 Å². The molecule has 2 amide bonds. The number of nitrogens with zero attached hydrogens (tertiary/aromatic N) is 2. The first-order valence-electron chi connectivity index (χ1n) is 8.64. The molecule has 0 radical (unpaired) electrons. The summed E-state index contributed by atoms with van der Waals surface area (Å²) >= 11 is 1.98. The van der Waals surface area contributed by atoms with Gasteiger partial charge in [0.05, 0.1) is 17.5 Å². The van der Waals surface area contributed by atoms with E-state index in [1.165, 1.54) is 18.4 Å². The van der Waals surface area contributed by atoms with Crippen LogP contribution in [0.4, 0.5) is 4.79 Å². The molecule has 2 atom stereocenters. The average molecular weight is 332 g/mol.